The maximum Gasteiger partial charge on any atom is 0.299 e. The third-order valence-corrected chi connectivity index (χ3v) is 4.29. The highest BCUT2D eigenvalue weighted by Crippen LogP contribution is 2.41. The number of fused-ring (bicyclic) bond motifs is 2. The highest BCUT2D eigenvalue weighted by atomic mass is 32.2. The van der Waals surface area contributed by atoms with E-state index in [-0.39, 0.29) is 11.1 Å². The van der Waals surface area contributed by atoms with Gasteiger partial charge in [0.2, 0.25) is 0 Å². The fourth-order valence-electron chi connectivity index (χ4n) is 2.45. The first-order chi connectivity index (χ1) is 10.2. The van der Waals surface area contributed by atoms with E-state index in [1.807, 2.05) is 0 Å². The van der Waals surface area contributed by atoms with Crippen molar-refractivity contribution < 1.29 is 32.8 Å². The van der Waals surface area contributed by atoms with Gasteiger partial charge in [-0.1, -0.05) is 24.3 Å². The van der Waals surface area contributed by atoms with Gasteiger partial charge in [0.25, 0.3) is 10.1 Å². The average molecular weight is 320 g/mol. The number of phenols is 2. The molecule has 0 fully saturated rings. The van der Waals surface area contributed by atoms with E-state index in [0.717, 1.165) is 6.07 Å². The van der Waals surface area contributed by atoms with E-state index in [4.69, 9.17) is 0 Å². The second kappa shape index (κ2) is 4.39. The summed E-state index contributed by atoms with van der Waals surface area (Å²) in [5, 5.41) is 19.3. The third kappa shape index (κ3) is 1.81. The van der Waals surface area contributed by atoms with Gasteiger partial charge in [-0.25, -0.2) is 0 Å². The highest BCUT2D eigenvalue weighted by Gasteiger charge is 2.37. The minimum atomic E-state index is -5.04. The van der Waals surface area contributed by atoms with Crippen LogP contribution in [-0.2, 0) is 10.1 Å². The molecule has 0 bridgehead atoms. The number of hydrogen-bond acceptors (Lipinski definition) is 6. The Morgan fingerprint density at radius 1 is 0.864 bits per heavy atom. The molecule has 0 atom stereocenters. The largest absolute Gasteiger partial charge is 0.504 e. The van der Waals surface area contributed by atoms with E-state index < -0.39 is 49.2 Å². The molecular weight excluding hydrogens is 312 g/mol. The number of carbonyl (C=O) groups is 2. The van der Waals surface area contributed by atoms with Gasteiger partial charge in [0.1, 0.15) is 0 Å². The van der Waals surface area contributed by atoms with Gasteiger partial charge < -0.3 is 10.2 Å². The summed E-state index contributed by atoms with van der Waals surface area (Å²) in [6.45, 7) is 0. The van der Waals surface area contributed by atoms with Crippen molar-refractivity contribution in [1.29, 1.82) is 0 Å². The fraction of sp³-hybridized carbons (Fsp3) is 0. The lowest BCUT2D eigenvalue weighted by atomic mass is 9.84. The summed E-state index contributed by atoms with van der Waals surface area (Å²) in [6, 6.07) is 6.53. The first-order valence-electron chi connectivity index (χ1n) is 5.98. The molecule has 2 aromatic carbocycles. The Morgan fingerprint density at radius 2 is 1.41 bits per heavy atom. The van der Waals surface area contributed by atoms with Gasteiger partial charge in [-0.15, -0.1) is 0 Å². The Labute approximate surface area is 124 Å². The number of benzene rings is 2. The molecule has 0 unspecified atom stereocenters. The Morgan fingerprint density at radius 3 is 1.95 bits per heavy atom. The lowest BCUT2D eigenvalue weighted by Gasteiger charge is -2.20. The second-order valence-corrected chi connectivity index (χ2v) is 6.03. The molecule has 0 saturated carbocycles. The Bertz CT molecular complexity index is 957. The van der Waals surface area contributed by atoms with E-state index in [9.17, 15) is 32.8 Å². The molecule has 3 rings (SSSR count). The Kier molecular flexibility index (Phi) is 2.84. The standard InChI is InChI=1S/C14H8O7S/c15-9-5-8-10(14(13(9)18)22(19,20)21)12(17)7-4-2-1-3-6(7)11(8)16/h1-5,15,18H,(H,19,20,21). The van der Waals surface area contributed by atoms with Crippen molar-refractivity contribution >= 4 is 21.7 Å². The Hall–Kier alpha value is -2.71. The van der Waals surface area contributed by atoms with Crippen LogP contribution in [0.1, 0.15) is 31.8 Å². The van der Waals surface area contributed by atoms with Crippen molar-refractivity contribution in [1.82, 2.24) is 0 Å². The zero-order valence-corrected chi connectivity index (χ0v) is 11.6. The molecule has 112 valence electrons. The number of carbonyl (C=O) groups excluding carboxylic acids is 2. The van der Waals surface area contributed by atoms with Crippen LogP contribution in [0, 0.1) is 0 Å². The van der Waals surface area contributed by atoms with Crippen LogP contribution in [0.2, 0.25) is 0 Å². The maximum absolute atomic E-state index is 12.5. The van der Waals surface area contributed by atoms with E-state index in [0.29, 0.717) is 0 Å². The summed E-state index contributed by atoms with van der Waals surface area (Å²) in [6.07, 6.45) is 0. The number of hydrogen-bond donors (Lipinski definition) is 3. The summed E-state index contributed by atoms with van der Waals surface area (Å²) in [7, 11) is -5.04. The second-order valence-electron chi connectivity index (χ2n) is 4.67. The van der Waals surface area contributed by atoms with E-state index in [1.54, 1.807) is 0 Å². The van der Waals surface area contributed by atoms with Crippen LogP contribution >= 0.6 is 0 Å². The third-order valence-electron chi connectivity index (χ3n) is 3.38. The fourth-order valence-corrected chi connectivity index (χ4v) is 3.26. The van der Waals surface area contributed by atoms with Crippen LogP contribution in [0.3, 0.4) is 0 Å². The minimum absolute atomic E-state index is 0.0463. The molecule has 7 nitrogen and oxygen atoms in total. The van der Waals surface area contributed by atoms with Crippen molar-refractivity contribution in [3.63, 3.8) is 0 Å². The summed E-state index contributed by atoms with van der Waals surface area (Å²) >= 11 is 0. The molecule has 0 amide bonds. The summed E-state index contributed by atoms with van der Waals surface area (Å²) in [5.74, 6) is -3.63. The molecule has 0 aliphatic heterocycles. The molecule has 1 aliphatic carbocycles. The van der Waals surface area contributed by atoms with Crippen LogP contribution in [0.25, 0.3) is 0 Å². The van der Waals surface area contributed by atoms with Gasteiger partial charge in [0.05, 0.1) is 5.56 Å². The van der Waals surface area contributed by atoms with Gasteiger partial charge in [0.15, 0.2) is 28.0 Å². The number of aromatic hydroxyl groups is 2. The number of phenolic OH excluding ortho intramolecular Hbond substituents is 2. The smallest absolute Gasteiger partial charge is 0.299 e. The number of rotatable bonds is 1. The lowest BCUT2D eigenvalue weighted by Crippen LogP contribution is -2.23. The van der Waals surface area contributed by atoms with Gasteiger partial charge in [-0.05, 0) is 6.07 Å². The van der Waals surface area contributed by atoms with E-state index in [2.05, 4.69) is 0 Å². The van der Waals surface area contributed by atoms with Crippen molar-refractivity contribution in [3.8, 4) is 11.5 Å². The molecule has 0 heterocycles. The van der Waals surface area contributed by atoms with Crippen LogP contribution in [0.5, 0.6) is 11.5 Å². The van der Waals surface area contributed by atoms with E-state index >= 15 is 0 Å². The SMILES string of the molecule is O=C1c2ccccc2C(=O)c2c1cc(O)c(O)c2S(=O)(=O)O. The van der Waals surface area contributed by atoms with Crippen LogP contribution < -0.4 is 0 Å². The molecular formula is C14H8O7S. The predicted molar refractivity (Wildman–Crippen MR) is 72.9 cm³/mol. The quantitative estimate of drug-likeness (QED) is 0.452. The van der Waals surface area contributed by atoms with Gasteiger partial charge in [-0.2, -0.15) is 8.42 Å². The minimum Gasteiger partial charge on any atom is -0.504 e. The molecule has 0 saturated heterocycles. The van der Waals surface area contributed by atoms with Crippen molar-refractivity contribution in [3.05, 3.63) is 52.6 Å². The first-order valence-corrected chi connectivity index (χ1v) is 7.42. The summed E-state index contributed by atoms with van der Waals surface area (Å²) in [5.41, 5.74) is -1.05. The topological polar surface area (TPSA) is 129 Å². The molecule has 3 N–H and O–H groups in total. The monoisotopic (exact) mass is 320 g/mol. The molecule has 0 aromatic heterocycles. The van der Waals surface area contributed by atoms with Crippen LogP contribution in [0.4, 0.5) is 0 Å². The number of ketones is 2. The van der Waals surface area contributed by atoms with Crippen molar-refractivity contribution in [2.75, 3.05) is 0 Å². The van der Waals surface area contributed by atoms with Gasteiger partial charge in [-0.3, -0.25) is 14.1 Å². The van der Waals surface area contributed by atoms with Crippen LogP contribution in [0.15, 0.2) is 35.2 Å². The first kappa shape index (κ1) is 14.2. The lowest BCUT2D eigenvalue weighted by molar-refractivity contribution is 0.0975. The maximum atomic E-state index is 12.5. The zero-order chi connectivity index (χ0) is 16.2. The highest BCUT2D eigenvalue weighted by molar-refractivity contribution is 7.86. The normalized spacial score (nSPS) is 13.7. The molecule has 22 heavy (non-hydrogen) atoms. The van der Waals surface area contributed by atoms with Crippen molar-refractivity contribution in [2.45, 2.75) is 4.90 Å². The van der Waals surface area contributed by atoms with Crippen LogP contribution in [-0.4, -0.2) is 34.8 Å². The summed E-state index contributed by atoms with van der Waals surface area (Å²) in [4.78, 5) is 23.7. The molecule has 2 aromatic rings. The van der Waals surface area contributed by atoms with E-state index in [1.165, 1.54) is 24.3 Å². The van der Waals surface area contributed by atoms with Gasteiger partial charge in [0, 0.05) is 16.7 Å². The van der Waals surface area contributed by atoms with Gasteiger partial charge >= 0.3 is 0 Å². The summed E-state index contributed by atoms with van der Waals surface area (Å²) < 4.78 is 32.2. The Balaban J connectivity index is 2.49. The molecule has 8 heteroatoms. The molecule has 0 spiro atoms. The average Bonchev–Trinajstić information content (AvgIpc) is 2.45. The predicted octanol–water partition coefficient (Wildman–Crippen LogP) is 1.12. The molecule has 1 aliphatic rings. The molecule has 0 radical (unpaired) electrons. The van der Waals surface area contributed by atoms with Crippen molar-refractivity contribution in [2.24, 2.45) is 0 Å². The zero-order valence-electron chi connectivity index (χ0n) is 10.8.